The van der Waals surface area contributed by atoms with E-state index in [1.165, 1.54) is 6.20 Å². The van der Waals surface area contributed by atoms with Crippen LogP contribution in [0.4, 0.5) is 11.6 Å². The van der Waals surface area contributed by atoms with Gasteiger partial charge in [-0.25, -0.2) is 14.8 Å². The number of carboxylic acid groups (broad SMARTS) is 2. The molecule has 0 aliphatic carbocycles. The zero-order valence-corrected chi connectivity index (χ0v) is 21.7. The molecule has 3 rings (SSSR count). The predicted molar refractivity (Wildman–Crippen MR) is 144 cm³/mol. The summed E-state index contributed by atoms with van der Waals surface area (Å²) < 4.78 is 0. The first-order valence-corrected chi connectivity index (χ1v) is 12.3. The van der Waals surface area contributed by atoms with Gasteiger partial charge in [0.15, 0.2) is 16.9 Å². The number of carbonyl (C=O) groups is 4. The number of benzene rings is 1. The number of anilines is 2. The summed E-state index contributed by atoms with van der Waals surface area (Å²) in [5, 5.41) is 20.8. The van der Waals surface area contributed by atoms with Gasteiger partial charge in [-0.15, -0.1) is 0 Å². The fraction of sp³-hybridized carbons (Fsp3) is 0.333. The minimum Gasteiger partial charge on any atom is -0.481 e. The number of aromatic nitrogens is 4. The molecule has 3 aromatic rings. The number of amides is 1. The summed E-state index contributed by atoms with van der Waals surface area (Å²) in [6.45, 7) is 0.291. The van der Waals surface area contributed by atoms with Crippen molar-refractivity contribution in [2.24, 2.45) is 5.92 Å². The number of aliphatic carboxylic acids is 2. The molecule has 0 bridgehead atoms. The van der Waals surface area contributed by atoms with Crippen molar-refractivity contribution >= 4 is 59.1 Å². The maximum Gasteiger partial charge on any atom is 0.327 e. The number of fused-ring (bicyclic) bond motifs is 1. The third kappa shape index (κ3) is 7.73. The molecule has 0 radical (unpaired) electrons. The van der Waals surface area contributed by atoms with Crippen LogP contribution < -0.4 is 21.5 Å². The molecule has 2 heterocycles. The lowest BCUT2D eigenvalue weighted by Gasteiger charge is -2.19. The monoisotopic (exact) mass is 557 g/mol. The van der Waals surface area contributed by atoms with E-state index in [-0.39, 0.29) is 42.1 Å². The van der Waals surface area contributed by atoms with Crippen LogP contribution in [0.5, 0.6) is 0 Å². The molecule has 1 amide bonds. The van der Waals surface area contributed by atoms with Crippen molar-refractivity contribution < 1.29 is 29.4 Å². The smallest absolute Gasteiger partial charge is 0.327 e. The molecule has 0 aliphatic rings. The Kier molecular flexibility index (Phi) is 9.54. The van der Waals surface area contributed by atoms with Crippen LogP contribution >= 0.6 is 12.6 Å². The molecule has 206 valence electrons. The van der Waals surface area contributed by atoms with Crippen LogP contribution in [0.25, 0.3) is 11.2 Å². The number of rotatable bonds is 13. The Morgan fingerprint density at radius 3 is 2.44 bits per heavy atom. The van der Waals surface area contributed by atoms with E-state index in [2.05, 4.69) is 37.9 Å². The predicted octanol–water partition coefficient (Wildman–Crippen LogP) is 0.485. The summed E-state index contributed by atoms with van der Waals surface area (Å²) in [7, 11) is 1.78. The number of carboxylic acids is 2. The number of nitrogen functional groups attached to an aromatic ring is 1. The van der Waals surface area contributed by atoms with Gasteiger partial charge >= 0.3 is 11.9 Å². The highest BCUT2D eigenvalue weighted by molar-refractivity contribution is 7.80. The molecule has 2 atom stereocenters. The first-order valence-electron chi connectivity index (χ1n) is 11.7. The number of Topliss-reactive ketones (excluding diaryl/α,β-unsaturated/α-hetero) is 1. The molecule has 0 spiro atoms. The second-order valence-corrected chi connectivity index (χ2v) is 9.09. The number of aromatic amines is 1. The molecular weight excluding hydrogens is 530 g/mol. The van der Waals surface area contributed by atoms with Crippen LogP contribution in [-0.4, -0.2) is 72.6 Å². The largest absolute Gasteiger partial charge is 0.481 e. The van der Waals surface area contributed by atoms with Gasteiger partial charge < -0.3 is 26.2 Å². The van der Waals surface area contributed by atoms with Crippen molar-refractivity contribution in [1.82, 2.24) is 25.3 Å². The van der Waals surface area contributed by atoms with E-state index in [0.29, 0.717) is 17.8 Å². The molecule has 6 N–H and O–H groups in total. The molecular formula is C24H27N7O7S. The summed E-state index contributed by atoms with van der Waals surface area (Å²) >= 11 is 3.86. The zero-order valence-electron chi connectivity index (χ0n) is 20.8. The molecule has 15 heteroatoms. The van der Waals surface area contributed by atoms with E-state index in [1.807, 2.05) is 4.90 Å². The van der Waals surface area contributed by atoms with Crippen molar-refractivity contribution in [3.8, 4) is 0 Å². The molecule has 39 heavy (non-hydrogen) atoms. The lowest BCUT2D eigenvalue weighted by Crippen LogP contribution is -2.42. The van der Waals surface area contributed by atoms with Gasteiger partial charge in [-0.3, -0.25) is 24.2 Å². The van der Waals surface area contributed by atoms with Gasteiger partial charge in [-0.05, 0) is 30.7 Å². The number of H-pyrrole nitrogens is 1. The summed E-state index contributed by atoms with van der Waals surface area (Å²) in [5.41, 5.74) is 6.73. The Hall–Kier alpha value is -4.53. The summed E-state index contributed by atoms with van der Waals surface area (Å²) in [6, 6.07) is 5.31. The van der Waals surface area contributed by atoms with Crippen LogP contribution in [0.2, 0.25) is 0 Å². The quantitative estimate of drug-likeness (QED) is 0.125. The molecule has 0 saturated heterocycles. The van der Waals surface area contributed by atoms with Crippen LogP contribution in [0.3, 0.4) is 0 Å². The van der Waals surface area contributed by atoms with Gasteiger partial charge in [-0.1, -0.05) is 0 Å². The molecule has 2 aromatic heterocycles. The molecule has 0 fully saturated rings. The first-order chi connectivity index (χ1) is 18.5. The fourth-order valence-corrected chi connectivity index (χ4v) is 3.94. The van der Waals surface area contributed by atoms with Crippen molar-refractivity contribution in [1.29, 1.82) is 0 Å². The van der Waals surface area contributed by atoms with E-state index >= 15 is 0 Å². The summed E-state index contributed by atoms with van der Waals surface area (Å²) in [6.07, 6.45) is 0.768. The molecule has 14 nitrogen and oxygen atoms in total. The highest BCUT2D eigenvalue weighted by Gasteiger charge is 2.24. The molecule has 0 aliphatic heterocycles. The van der Waals surface area contributed by atoms with E-state index in [0.717, 1.165) is 5.69 Å². The standard InChI is InChI=1S/C24H27N7O7S/c1-31(10-14-9-26-20-19(27-14)21(34)30-24(25)29-20)15-5-2-12(3-6-15)17(32)8-13(22(35)36)4-7-18(33)28-16(11-39)23(37)38/h2-3,5-6,9,13,16,39H,4,7-8,10-11H2,1H3,(H,28,33)(H,35,36)(H,37,38)(H3,25,26,29,30,34)/t13-,16+/m1/s1. The van der Waals surface area contributed by atoms with Gasteiger partial charge in [0.1, 0.15) is 6.04 Å². The average Bonchev–Trinajstić information content (AvgIpc) is 2.89. The number of hydrogen-bond donors (Lipinski definition) is 6. The second-order valence-electron chi connectivity index (χ2n) is 8.73. The Bertz CT molecular complexity index is 1450. The number of thiol groups is 1. The number of ketones is 1. The average molecular weight is 558 g/mol. The fourth-order valence-electron chi connectivity index (χ4n) is 3.70. The van der Waals surface area contributed by atoms with Gasteiger partial charge in [0.25, 0.3) is 5.56 Å². The Morgan fingerprint density at radius 2 is 1.82 bits per heavy atom. The maximum atomic E-state index is 12.7. The van der Waals surface area contributed by atoms with Crippen LogP contribution in [-0.2, 0) is 20.9 Å². The van der Waals surface area contributed by atoms with Gasteiger partial charge in [-0.2, -0.15) is 17.6 Å². The third-order valence-corrected chi connectivity index (χ3v) is 6.20. The first kappa shape index (κ1) is 29.0. The number of carbonyl (C=O) groups excluding carboxylic acids is 2. The highest BCUT2D eigenvalue weighted by Crippen LogP contribution is 2.20. The van der Waals surface area contributed by atoms with E-state index in [4.69, 9.17) is 10.8 Å². The normalized spacial score (nSPS) is 12.5. The highest BCUT2D eigenvalue weighted by atomic mass is 32.1. The number of nitrogens with zero attached hydrogens (tertiary/aromatic N) is 4. The lowest BCUT2D eigenvalue weighted by molar-refractivity contribution is -0.143. The number of nitrogens with two attached hydrogens (primary N) is 1. The summed E-state index contributed by atoms with van der Waals surface area (Å²) in [4.78, 5) is 76.0. The van der Waals surface area contributed by atoms with E-state index < -0.39 is 41.1 Å². The SMILES string of the molecule is CN(Cc1cnc2nc(N)[nH]c(=O)c2n1)c1ccc(C(=O)C[C@@H](CCC(=O)N[C@@H](CS)C(=O)O)C(=O)O)cc1. The van der Waals surface area contributed by atoms with Gasteiger partial charge in [0.2, 0.25) is 11.9 Å². The van der Waals surface area contributed by atoms with Gasteiger partial charge in [0, 0.05) is 36.9 Å². The molecule has 0 saturated carbocycles. The third-order valence-electron chi connectivity index (χ3n) is 5.83. The van der Waals surface area contributed by atoms with Crippen LogP contribution in [0, 0.1) is 5.92 Å². The van der Waals surface area contributed by atoms with E-state index in [9.17, 15) is 29.1 Å². The second kappa shape index (κ2) is 12.8. The minimum atomic E-state index is -1.25. The van der Waals surface area contributed by atoms with Crippen molar-refractivity contribution in [3.05, 3.63) is 52.1 Å². The maximum absolute atomic E-state index is 12.7. The zero-order chi connectivity index (χ0) is 28.7. The van der Waals surface area contributed by atoms with Crippen LogP contribution in [0.15, 0.2) is 35.3 Å². The molecule has 1 aromatic carbocycles. The Labute approximate surface area is 227 Å². The minimum absolute atomic E-state index is 0.0559. The lowest BCUT2D eigenvalue weighted by atomic mass is 9.94. The summed E-state index contributed by atoms with van der Waals surface area (Å²) in [5.74, 6) is -4.82. The van der Waals surface area contributed by atoms with Crippen molar-refractivity contribution in [3.63, 3.8) is 0 Å². The van der Waals surface area contributed by atoms with Crippen molar-refractivity contribution in [2.45, 2.75) is 31.8 Å². The van der Waals surface area contributed by atoms with Gasteiger partial charge in [0.05, 0.1) is 24.4 Å². The topological polar surface area (TPSA) is 222 Å². The number of hydrogen-bond acceptors (Lipinski definition) is 11. The number of nitrogens with one attached hydrogen (secondary N) is 2. The molecule has 0 unspecified atom stereocenters. The Balaban J connectivity index is 1.60. The van der Waals surface area contributed by atoms with E-state index in [1.54, 1.807) is 31.3 Å². The van der Waals surface area contributed by atoms with Crippen LogP contribution in [0.1, 0.15) is 35.3 Å². The Morgan fingerprint density at radius 1 is 1.13 bits per heavy atom. The van der Waals surface area contributed by atoms with Crippen molar-refractivity contribution in [2.75, 3.05) is 23.4 Å².